The summed E-state index contributed by atoms with van der Waals surface area (Å²) in [4.78, 5) is 17.9. The average molecular weight is 414 g/mol. The van der Waals surface area contributed by atoms with Crippen molar-refractivity contribution in [1.29, 1.82) is 5.26 Å². The zero-order valence-electron chi connectivity index (χ0n) is 13.8. The first-order chi connectivity index (χ1) is 12.0. The summed E-state index contributed by atoms with van der Waals surface area (Å²) in [6.45, 7) is 3.78. The predicted molar refractivity (Wildman–Crippen MR) is 105 cm³/mol. The summed E-state index contributed by atoms with van der Waals surface area (Å²) in [5.74, 6) is 0. The molecule has 25 heavy (non-hydrogen) atoms. The Bertz CT molecular complexity index is 1010. The van der Waals surface area contributed by atoms with Gasteiger partial charge < -0.3 is 0 Å². The molecule has 126 valence electrons. The van der Waals surface area contributed by atoms with Crippen LogP contribution < -0.4 is 5.56 Å². The molecule has 0 spiro atoms. The fourth-order valence-corrected chi connectivity index (χ4v) is 3.88. The average Bonchev–Trinajstić information content (AvgIpc) is 2.63. The predicted octanol–water partition coefficient (Wildman–Crippen LogP) is 4.77. The lowest BCUT2D eigenvalue weighted by molar-refractivity contribution is 0.548. The SMILES string of the molecule is C[C@@H](C#N)Sc1nc2ccc(Br)cc2c(=O)n1[C@@H](C)c1ccccc1. The van der Waals surface area contributed by atoms with Crippen LogP contribution in [0.15, 0.2) is 63.0 Å². The van der Waals surface area contributed by atoms with Crippen LogP contribution in [0.1, 0.15) is 25.5 Å². The largest absolute Gasteiger partial charge is 0.280 e. The third-order valence-corrected chi connectivity index (χ3v) is 5.41. The minimum atomic E-state index is -0.297. The number of thioether (sulfide) groups is 1. The number of aromatic nitrogens is 2. The van der Waals surface area contributed by atoms with E-state index in [1.165, 1.54) is 11.8 Å². The zero-order chi connectivity index (χ0) is 18.0. The van der Waals surface area contributed by atoms with Crippen LogP contribution >= 0.6 is 27.7 Å². The maximum atomic E-state index is 13.2. The van der Waals surface area contributed by atoms with E-state index >= 15 is 0 Å². The van der Waals surface area contributed by atoms with Crippen molar-refractivity contribution < 1.29 is 0 Å². The quantitative estimate of drug-likeness (QED) is 0.456. The van der Waals surface area contributed by atoms with Gasteiger partial charge in [0.05, 0.1) is 28.3 Å². The smallest absolute Gasteiger partial charge is 0.262 e. The molecule has 0 amide bonds. The Kier molecular flexibility index (Phi) is 5.26. The van der Waals surface area contributed by atoms with Crippen molar-refractivity contribution in [1.82, 2.24) is 9.55 Å². The first kappa shape index (κ1) is 17.7. The number of benzene rings is 2. The van der Waals surface area contributed by atoms with E-state index in [0.29, 0.717) is 16.1 Å². The van der Waals surface area contributed by atoms with Gasteiger partial charge in [-0.2, -0.15) is 5.26 Å². The van der Waals surface area contributed by atoms with Gasteiger partial charge >= 0.3 is 0 Å². The van der Waals surface area contributed by atoms with Gasteiger partial charge in [0.2, 0.25) is 0 Å². The van der Waals surface area contributed by atoms with Gasteiger partial charge in [0.1, 0.15) is 0 Å². The van der Waals surface area contributed by atoms with Crippen LogP contribution in [0.4, 0.5) is 0 Å². The first-order valence-corrected chi connectivity index (χ1v) is 9.51. The Morgan fingerprint density at radius 3 is 2.60 bits per heavy atom. The van der Waals surface area contributed by atoms with Crippen LogP contribution in [0.5, 0.6) is 0 Å². The van der Waals surface area contributed by atoms with Gasteiger partial charge in [0.15, 0.2) is 5.16 Å². The van der Waals surface area contributed by atoms with Crippen molar-refractivity contribution in [3.05, 3.63) is 68.9 Å². The van der Waals surface area contributed by atoms with Gasteiger partial charge in [-0.15, -0.1) is 0 Å². The molecule has 0 N–H and O–H groups in total. The number of hydrogen-bond acceptors (Lipinski definition) is 4. The highest BCUT2D eigenvalue weighted by Gasteiger charge is 2.19. The first-order valence-electron chi connectivity index (χ1n) is 7.84. The highest BCUT2D eigenvalue weighted by Crippen LogP contribution is 2.28. The minimum Gasteiger partial charge on any atom is -0.280 e. The van der Waals surface area contributed by atoms with Crippen LogP contribution in [0.2, 0.25) is 0 Å². The Balaban J connectivity index is 2.26. The molecule has 0 radical (unpaired) electrons. The molecule has 4 nitrogen and oxygen atoms in total. The molecular weight excluding hydrogens is 398 g/mol. The molecule has 2 atom stereocenters. The van der Waals surface area contributed by atoms with E-state index in [2.05, 4.69) is 27.0 Å². The van der Waals surface area contributed by atoms with Crippen molar-refractivity contribution >= 4 is 38.6 Å². The van der Waals surface area contributed by atoms with Crippen LogP contribution in [0.3, 0.4) is 0 Å². The van der Waals surface area contributed by atoms with Gasteiger partial charge in [-0.25, -0.2) is 4.98 Å². The van der Waals surface area contributed by atoms with E-state index in [1.54, 1.807) is 17.6 Å². The normalized spacial score (nSPS) is 13.4. The van der Waals surface area contributed by atoms with E-state index in [0.717, 1.165) is 10.0 Å². The zero-order valence-corrected chi connectivity index (χ0v) is 16.2. The second-order valence-electron chi connectivity index (χ2n) is 5.71. The third kappa shape index (κ3) is 3.63. The van der Waals surface area contributed by atoms with E-state index in [1.807, 2.05) is 49.4 Å². The Morgan fingerprint density at radius 1 is 1.20 bits per heavy atom. The number of fused-ring (bicyclic) bond motifs is 1. The molecule has 0 fully saturated rings. The van der Waals surface area contributed by atoms with Crippen molar-refractivity contribution in [2.45, 2.75) is 30.3 Å². The fraction of sp³-hybridized carbons (Fsp3) is 0.211. The summed E-state index contributed by atoms with van der Waals surface area (Å²) in [6, 6.07) is 17.3. The molecule has 6 heteroatoms. The second-order valence-corrected chi connectivity index (χ2v) is 7.93. The molecule has 0 unspecified atom stereocenters. The molecule has 1 aromatic heterocycles. The van der Waals surface area contributed by atoms with E-state index in [-0.39, 0.29) is 16.9 Å². The fourth-order valence-electron chi connectivity index (χ4n) is 2.64. The second kappa shape index (κ2) is 7.42. The summed E-state index contributed by atoms with van der Waals surface area (Å²) >= 11 is 4.72. The highest BCUT2D eigenvalue weighted by molar-refractivity contribution is 9.10. The maximum Gasteiger partial charge on any atom is 0.262 e. The van der Waals surface area contributed by atoms with Gasteiger partial charge in [-0.1, -0.05) is 58.0 Å². The Hall–Kier alpha value is -2.10. The highest BCUT2D eigenvalue weighted by atomic mass is 79.9. The van der Waals surface area contributed by atoms with Gasteiger partial charge in [-0.3, -0.25) is 9.36 Å². The molecule has 0 aliphatic rings. The molecule has 0 saturated heterocycles. The number of halogens is 1. The number of hydrogen-bond donors (Lipinski definition) is 0. The summed E-state index contributed by atoms with van der Waals surface area (Å²) < 4.78 is 2.52. The lowest BCUT2D eigenvalue weighted by Crippen LogP contribution is -2.27. The molecule has 3 rings (SSSR count). The van der Waals surface area contributed by atoms with E-state index < -0.39 is 0 Å². The molecule has 0 saturated carbocycles. The topological polar surface area (TPSA) is 58.7 Å². The monoisotopic (exact) mass is 413 g/mol. The number of nitriles is 1. The maximum absolute atomic E-state index is 13.2. The molecule has 1 heterocycles. The van der Waals surface area contributed by atoms with Crippen molar-refractivity contribution in [2.75, 3.05) is 0 Å². The summed E-state index contributed by atoms with van der Waals surface area (Å²) in [7, 11) is 0. The van der Waals surface area contributed by atoms with Crippen LogP contribution in [0, 0.1) is 11.3 Å². The summed E-state index contributed by atoms with van der Waals surface area (Å²) in [5.41, 5.74) is 1.56. The third-order valence-electron chi connectivity index (χ3n) is 3.96. The number of rotatable bonds is 4. The molecule has 0 bridgehead atoms. The van der Waals surface area contributed by atoms with Crippen molar-refractivity contribution in [2.24, 2.45) is 0 Å². The lowest BCUT2D eigenvalue weighted by Gasteiger charge is -2.20. The molecular formula is C19H16BrN3OS. The Morgan fingerprint density at radius 2 is 1.92 bits per heavy atom. The van der Waals surface area contributed by atoms with E-state index in [9.17, 15) is 4.79 Å². The lowest BCUT2D eigenvalue weighted by atomic mass is 10.1. The molecule has 0 aliphatic carbocycles. The molecule has 0 aliphatic heterocycles. The van der Waals surface area contributed by atoms with Crippen LogP contribution in [-0.4, -0.2) is 14.8 Å². The molecule has 3 aromatic rings. The van der Waals surface area contributed by atoms with Crippen molar-refractivity contribution in [3.8, 4) is 6.07 Å². The van der Waals surface area contributed by atoms with Gasteiger partial charge in [0.25, 0.3) is 5.56 Å². The standard InChI is InChI=1S/C19H16BrN3OS/c1-12(11-21)25-19-22-17-9-8-15(20)10-16(17)18(24)23(19)13(2)14-6-4-3-5-7-14/h3-10,12-13H,1-2H3/t12-,13-/m0/s1. The summed E-state index contributed by atoms with van der Waals surface area (Å²) in [5, 5.41) is 9.99. The van der Waals surface area contributed by atoms with Crippen molar-refractivity contribution in [3.63, 3.8) is 0 Å². The van der Waals surface area contributed by atoms with Crippen LogP contribution in [0.25, 0.3) is 10.9 Å². The molecule has 2 aromatic carbocycles. The summed E-state index contributed by atoms with van der Waals surface area (Å²) in [6.07, 6.45) is 0. The van der Waals surface area contributed by atoms with Gasteiger partial charge in [0, 0.05) is 4.47 Å². The van der Waals surface area contributed by atoms with Crippen LogP contribution in [-0.2, 0) is 0 Å². The van der Waals surface area contributed by atoms with E-state index in [4.69, 9.17) is 5.26 Å². The van der Waals surface area contributed by atoms with Gasteiger partial charge in [-0.05, 0) is 37.6 Å². The Labute approximate surface area is 158 Å². The minimum absolute atomic E-state index is 0.102. The number of nitrogens with zero attached hydrogens (tertiary/aromatic N) is 3.